The zero-order valence-corrected chi connectivity index (χ0v) is 11.9. The van der Waals surface area contributed by atoms with Gasteiger partial charge in [0.25, 0.3) is 0 Å². The Morgan fingerprint density at radius 2 is 1.58 bits per heavy atom. The van der Waals surface area contributed by atoms with Gasteiger partial charge in [0.1, 0.15) is 11.5 Å². The van der Waals surface area contributed by atoms with Crippen molar-refractivity contribution >= 4 is 0 Å². The van der Waals surface area contributed by atoms with E-state index in [0.717, 1.165) is 11.5 Å². The maximum atomic E-state index is 9.56. The van der Waals surface area contributed by atoms with E-state index < -0.39 is 0 Å². The van der Waals surface area contributed by atoms with Gasteiger partial charge in [0.2, 0.25) is 0 Å². The van der Waals surface area contributed by atoms with Crippen LogP contribution in [0.5, 0.6) is 11.5 Å². The fourth-order valence-electron chi connectivity index (χ4n) is 3.32. The predicted molar refractivity (Wildman–Crippen MR) is 78.6 cm³/mol. The van der Waals surface area contributed by atoms with E-state index in [4.69, 9.17) is 0 Å². The van der Waals surface area contributed by atoms with Crippen molar-refractivity contribution in [2.75, 3.05) is 0 Å². The third-order valence-corrected chi connectivity index (χ3v) is 4.46. The Bertz CT molecular complexity index is 372. The normalized spacial score (nSPS) is 23.4. The largest absolute Gasteiger partial charge is 0.508 e. The highest BCUT2D eigenvalue weighted by Gasteiger charge is 2.22. The number of hydrogen-bond acceptors (Lipinski definition) is 2. The number of unbranched alkanes of at least 4 members (excludes halogenated alkanes) is 2. The number of phenolic OH excluding ortho intramolecular Hbond substituents is 2. The Morgan fingerprint density at radius 3 is 2.16 bits per heavy atom. The van der Waals surface area contributed by atoms with Crippen molar-refractivity contribution < 1.29 is 10.2 Å². The Balaban J connectivity index is 1.85. The SMILES string of the molecule is CCCCCC1CCC(c2cc(O)cc(O)c2)CC1. The average molecular weight is 262 g/mol. The van der Waals surface area contributed by atoms with Crippen molar-refractivity contribution in [3.8, 4) is 11.5 Å². The zero-order chi connectivity index (χ0) is 13.7. The van der Waals surface area contributed by atoms with E-state index in [-0.39, 0.29) is 11.5 Å². The van der Waals surface area contributed by atoms with Gasteiger partial charge in [-0.05, 0) is 55.2 Å². The lowest BCUT2D eigenvalue weighted by Crippen LogP contribution is -2.13. The summed E-state index contributed by atoms with van der Waals surface area (Å²) >= 11 is 0. The molecule has 2 N–H and O–H groups in total. The maximum absolute atomic E-state index is 9.56. The summed E-state index contributed by atoms with van der Waals surface area (Å²) in [4.78, 5) is 0. The van der Waals surface area contributed by atoms with Gasteiger partial charge in [-0.15, -0.1) is 0 Å². The second-order valence-electron chi connectivity index (χ2n) is 6.00. The molecule has 0 radical (unpaired) electrons. The fourth-order valence-corrected chi connectivity index (χ4v) is 3.32. The van der Waals surface area contributed by atoms with Crippen LogP contribution >= 0.6 is 0 Å². The molecular formula is C17H26O2. The smallest absolute Gasteiger partial charge is 0.119 e. The molecule has 19 heavy (non-hydrogen) atoms. The molecule has 0 spiro atoms. The second kappa shape index (κ2) is 6.83. The van der Waals surface area contributed by atoms with Crippen LogP contribution in [-0.4, -0.2) is 10.2 Å². The van der Waals surface area contributed by atoms with E-state index in [1.54, 1.807) is 0 Å². The molecule has 0 bridgehead atoms. The summed E-state index contributed by atoms with van der Waals surface area (Å²) in [6, 6.07) is 5.02. The van der Waals surface area contributed by atoms with Crippen LogP contribution < -0.4 is 0 Å². The summed E-state index contributed by atoms with van der Waals surface area (Å²) in [6.07, 6.45) is 10.4. The van der Waals surface area contributed by atoms with Gasteiger partial charge in [-0.3, -0.25) is 0 Å². The summed E-state index contributed by atoms with van der Waals surface area (Å²) in [5.74, 6) is 1.77. The molecule has 0 unspecified atom stereocenters. The highest BCUT2D eigenvalue weighted by atomic mass is 16.3. The lowest BCUT2D eigenvalue weighted by atomic mass is 9.77. The molecule has 0 heterocycles. The van der Waals surface area contributed by atoms with Gasteiger partial charge in [-0.2, -0.15) is 0 Å². The van der Waals surface area contributed by atoms with Gasteiger partial charge >= 0.3 is 0 Å². The topological polar surface area (TPSA) is 40.5 Å². The minimum atomic E-state index is 0.181. The zero-order valence-electron chi connectivity index (χ0n) is 11.9. The number of rotatable bonds is 5. The molecule has 0 aliphatic heterocycles. The molecule has 0 aromatic heterocycles. The quantitative estimate of drug-likeness (QED) is 0.737. The van der Waals surface area contributed by atoms with Crippen LogP contribution in [0.15, 0.2) is 18.2 Å². The van der Waals surface area contributed by atoms with Crippen LogP contribution in [0.3, 0.4) is 0 Å². The summed E-state index contributed by atoms with van der Waals surface area (Å²) < 4.78 is 0. The molecule has 1 aromatic rings. The van der Waals surface area contributed by atoms with Crippen molar-refractivity contribution in [3.63, 3.8) is 0 Å². The van der Waals surface area contributed by atoms with Gasteiger partial charge in [-0.1, -0.05) is 32.6 Å². The van der Waals surface area contributed by atoms with Crippen LogP contribution in [-0.2, 0) is 0 Å². The minimum absolute atomic E-state index is 0.181. The highest BCUT2D eigenvalue weighted by Crippen LogP contribution is 2.39. The molecule has 1 aliphatic rings. The molecule has 1 saturated carbocycles. The number of benzene rings is 1. The monoisotopic (exact) mass is 262 g/mol. The van der Waals surface area contributed by atoms with Crippen molar-refractivity contribution in [2.24, 2.45) is 5.92 Å². The third-order valence-electron chi connectivity index (χ3n) is 4.46. The van der Waals surface area contributed by atoms with Gasteiger partial charge in [0.15, 0.2) is 0 Å². The number of aromatic hydroxyl groups is 2. The fraction of sp³-hybridized carbons (Fsp3) is 0.647. The summed E-state index contributed by atoms with van der Waals surface area (Å²) in [5, 5.41) is 19.1. The molecule has 2 heteroatoms. The van der Waals surface area contributed by atoms with Crippen LogP contribution in [0.2, 0.25) is 0 Å². The first-order chi connectivity index (χ1) is 9.19. The lowest BCUT2D eigenvalue weighted by Gasteiger charge is -2.29. The average Bonchev–Trinajstić information content (AvgIpc) is 2.39. The van der Waals surface area contributed by atoms with Crippen LogP contribution in [0, 0.1) is 5.92 Å². The van der Waals surface area contributed by atoms with Crippen molar-refractivity contribution in [2.45, 2.75) is 64.2 Å². The van der Waals surface area contributed by atoms with E-state index >= 15 is 0 Å². The van der Waals surface area contributed by atoms with Gasteiger partial charge < -0.3 is 10.2 Å². The first kappa shape index (κ1) is 14.2. The highest BCUT2D eigenvalue weighted by molar-refractivity contribution is 5.38. The van der Waals surface area contributed by atoms with E-state index in [2.05, 4.69) is 6.92 Å². The predicted octanol–water partition coefficient (Wildman–Crippen LogP) is 4.95. The van der Waals surface area contributed by atoms with E-state index in [1.807, 2.05) is 12.1 Å². The Labute approximate surface area is 116 Å². The van der Waals surface area contributed by atoms with Crippen LogP contribution in [0.25, 0.3) is 0 Å². The molecule has 2 nitrogen and oxygen atoms in total. The van der Waals surface area contributed by atoms with Gasteiger partial charge in [0, 0.05) is 6.07 Å². The van der Waals surface area contributed by atoms with Crippen LogP contribution in [0.1, 0.15) is 69.8 Å². The Morgan fingerprint density at radius 1 is 0.947 bits per heavy atom. The van der Waals surface area contributed by atoms with Crippen LogP contribution in [0.4, 0.5) is 0 Å². The van der Waals surface area contributed by atoms with Crippen molar-refractivity contribution in [3.05, 3.63) is 23.8 Å². The Hall–Kier alpha value is -1.18. The molecule has 2 rings (SSSR count). The molecule has 1 aliphatic carbocycles. The second-order valence-corrected chi connectivity index (χ2v) is 6.00. The van der Waals surface area contributed by atoms with E-state index in [1.165, 1.54) is 57.4 Å². The molecule has 0 amide bonds. The summed E-state index contributed by atoms with van der Waals surface area (Å²) in [7, 11) is 0. The van der Waals surface area contributed by atoms with Gasteiger partial charge in [0.05, 0.1) is 0 Å². The molecule has 0 saturated heterocycles. The first-order valence-corrected chi connectivity index (χ1v) is 7.72. The third kappa shape index (κ3) is 4.15. The summed E-state index contributed by atoms with van der Waals surface area (Å²) in [6.45, 7) is 2.26. The first-order valence-electron chi connectivity index (χ1n) is 7.72. The number of phenols is 2. The molecule has 1 fully saturated rings. The van der Waals surface area contributed by atoms with Gasteiger partial charge in [-0.25, -0.2) is 0 Å². The minimum Gasteiger partial charge on any atom is -0.508 e. The van der Waals surface area contributed by atoms with E-state index in [0.29, 0.717) is 5.92 Å². The maximum Gasteiger partial charge on any atom is 0.119 e. The molecular weight excluding hydrogens is 236 g/mol. The molecule has 0 atom stereocenters. The summed E-state index contributed by atoms with van der Waals surface area (Å²) in [5.41, 5.74) is 1.10. The Kier molecular flexibility index (Phi) is 5.12. The van der Waals surface area contributed by atoms with Crippen molar-refractivity contribution in [1.29, 1.82) is 0 Å². The molecule has 106 valence electrons. The lowest BCUT2D eigenvalue weighted by molar-refractivity contribution is 0.302. The standard InChI is InChI=1S/C17H26O2/c1-2-3-4-5-13-6-8-14(9-7-13)15-10-16(18)12-17(19)11-15/h10-14,18-19H,2-9H2,1H3. The number of hydrogen-bond donors (Lipinski definition) is 2. The molecule has 1 aromatic carbocycles. The van der Waals surface area contributed by atoms with Crippen molar-refractivity contribution in [1.82, 2.24) is 0 Å². The van der Waals surface area contributed by atoms with E-state index in [9.17, 15) is 10.2 Å².